The molecular formula is C30H26F2N2O3S. The lowest BCUT2D eigenvalue weighted by Crippen LogP contribution is -2.35. The number of hydrogen-bond donors (Lipinski definition) is 2. The molecule has 1 aliphatic carbocycles. The van der Waals surface area contributed by atoms with Gasteiger partial charge in [-0.05, 0) is 65.4 Å². The van der Waals surface area contributed by atoms with Gasteiger partial charge in [-0.3, -0.25) is 4.79 Å². The third kappa shape index (κ3) is 5.51. The van der Waals surface area contributed by atoms with Crippen molar-refractivity contribution in [1.29, 1.82) is 0 Å². The molecule has 5 rings (SSSR count). The zero-order chi connectivity index (χ0) is 26.9. The Morgan fingerprint density at radius 3 is 2.21 bits per heavy atom. The third-order valence-electron chi connectivity index (χ3n) is 6.65. The number of rotatable bonds is 7. The Bertz CT molecular complexity index is 1580. The van der Waals surface area contributed by atoms with Crippen molar-refractivity contribution in [2.45, 2.75) is 36.6 Å². The van der Waals surface area contributed by atoms with Crippen LogP contribution in [0.4, 0.5) is 14.5 Å². The van der Waals surface area contributed by atoms with E-state index in [-0.39, 0.29) is 22.4 Å². The Kier molecular flexibility index (Phi) is 6.86. The van der Waals surface area contributed by atoms with Gasteiger partial charge in [0.1, 0.15) is 0 Å². The summed E-state index contributed by atoms with van der Waals surface area (Å²) in [5.74, 6) is -3.27. The standard InChI is InChI=1S/C30H26F2N2O3S/c1-30(31,32)23-14-11-20(12-15-23)27-9-5-6-10-28(27)29(35)33-24-16-13-21-17-25(19-22(21)18-24)34-38(36,37)26-7-3-2-4-8-26/h2-16,18,25,34H,17,19H2,1H3,(H,33,35)/t25-/m1/s1. The number of amides is 1. The van der Waals surface area contributed by atoms with Crippen molar-refractivity contribution in [3.63, 3.8) is 0 Å². The number of alkyl halides is 2. The molecule has 2 N–H and O–H groups in total. The molecule has 0 fully saturated rings. The fourth-order valence-corrected chi connectivity index (χ4v) is 6.00. The summed E-state index contributed by atoms with van der Waals surface area (Å²) in [7, 11) is -3.63. The fourth-order valence-electron chi connectivity index (χ4n) is 4.74. The van der Waals surface area contributed by atoms with Crippen molar-refractivity contribution in [3.05, 3.63) is 119 Å². The quantitative estimate of drug-likeness (QED) is 0.299. The molecule has 1 atom stereocenters. The summed E-state index contributed by atoms with van der Waals surface area (Å²) >= 11 is 0. The van der Waals surface area contributed by atoms with Gasteiger partial charge in [0.05, 0.1) is 4.90 Å². The third-order valence-corrected chi connectivity index (χ3v) is 8.18. The molecule has 0 saturated heterocycles. The van der Waals surface area contributed by atoms with Crippen LogP contribution in [-0.2, 0) is 28.8 Å². The lowest BCUT2D eigenvalue weighted by atomic mass is 9.97. The first-order chi connectivity index (χ1) is 18.1. The molecule has 194 valence electrons. The number of hydrogen-bond acceptors (Lipinski definition) is 3. The van der Waals surface area contributed by atoms with Gasteiger partial charge in [0, 0.05) is 29.8 Å². The number of sulfonamides is 1. The van der Waals surface area contributed by atoms with Crippen molar-refractivity contribution in [3.8, 4) is 11.1 Å². The highest BCUT2D eigenvalue weighted by Crippen LogP contribution is 2.31. The SMILES string of the molecule is CC(F)(F)c1ccc(-c2ccccc2C(=O)Nc2ccc3c(c2)C[C@H](NS(=O)(=O)c2ccccc2)C3)cc1. The lowest BCUT2D eigenvalue weighted by molar-refractivity contribution is 0.0175. The van der Waals surface area contributed by atoms with Crippen LogP contribution in [0, 0.1) is 0 Å². The fraction of sp³-hybridized carbons (Fsp3) is 0.167. The number of carbonyl (C=O) groups excluding carboxylic acids is 1. The zero-order valence-electron chi connectivity index (χ0n) is 20.6. The minimum atomic E-state index is -3.63. The van der Waals surface area contributed by atoms with E-state index in [0.717, 1.165) is 18.1 Å². The van der Waals surface area contributed by atoms with Crippen LogP contribution in [0.2, 0.25) is 0 Å². The van der Waals surface area contributed by atoms with E-state index >= 15 is 0 Å². The van der Waals surface area contributed by atoms with Crippen molar-refractivity contribution >= 4 is 21.6 Å². The minimum Gasteiger partial charge on any atom is -0.322 e. The van der Waals surface area contributed by atoms with Gasteiger partial charge in [-0.25, -0.2) is 21.9 Å². The summed E-state index contributed by atoms with van der Waals surface area (Å²) < 4.78 is 55.5. The van der Waals surface area contributed by atoms with Gasteiger partial charge < -0.3 is 5.32 Å². The average molecular weight is 533 g/mol. The summed E-state index contributed by atoms with van der Waals surface area (Å²) in [5.41, 5.74) is 4.20. The molecule has 4 aromatic carbocycles. The second-order valence-corrected chi connectivity index (χ2v) is 11.2. The molecule has 0 bridgehead atoms. The molecule has 0 aliphatic heterocycles. The second-order valence-electron chi connectivity index (χ2n) is 9.49. The zero-order valence-corrected chi connectivity index (χ0v) is 21.4. The van der Waals surface area contributed by atoms with E-state index in [2.05, 4.69) is 10.0 Å². The maximum Gasteiger partial charge on any atom is 0.270 e. The van der Waals surface area contributed by atoms with Gasteiger partial charge in [0.2, 0.25) is 10.0 Å². The van der Waals surface area contributed by atoms with Crippen LogP contribution in [0.15, 0.2) is 102 Å². The Morgan fingerprint density at radius 1 is 0.842 bits per heavy atom. The van der Waals surface area contributed by atoms with E-state index in [1.54, 1.807) is 72.8 Å². The highest BCUT2D eigenvalue weighted by molar-refractivity contribution is 7.89. The van der Waals surface area contributed by atoms with Crippen LogP contribution in [0.3, 0.4) is 0 Å². The summed E-state index contributed by atoms with van der Waals surface area (Å²) in [6.45, 7) is 0.848. The summed E-state index contributed by atoms with van der Waals surface area (Å²) in [6.07, 6.45) is 1.07. The van der Waals surface area contributed by atoms with Gasteiger partial charge in [-0.2, -0.15) is 0 Å². The van der Waals surface area contributed by atoms with Crippen molar-refractivity contribution < 1.29 is 22.0 Å². The molecule has 0 unspecified atom stereocenters. The number of benzene rings is 4. The van der Waals surface area contributed by atoms with Crippen LogP contribution in [0.25, 0.3) is 11.1 Å². The van der Waals surface area contributed by atoms with Gasteiger partial charge in [-0.1, -0.05) is 66.7 Å². The Balaban J connectivity index is 1.31. The first kappa shape index (κ1) is 25.8. The number of anilines is 1. The van der Waals surface area contributed by atoms with E-state index < -0.39 is 15.9 Å². The summed E-state index contributed by atoms with van der Waals surface area (Å²) in [5, 5.41) is 2.93. The van der Waals surface area contributed by atoms with Gasteiger partial charge in [0.25, 0.3) is 11.8 Å². The molecule has 1 amide bonds. The normalized spacial score (nSPS) is 15.2. The predicted octanol–water partition coefficient (Wildman–Crippen LogP) is 6.16. The van der Waals surface area contributed by atoms with E-state index in [0.29, 0.717) is 35.2 Å². The van der Waals surface area contributed by atoms with Crippen LogP contribution in [0.1, 0.15) is 34.0 Å². The molecule has 0 spiro atoms. The van der Waals surface area contributed by atoms with Crippen molar-refractivity contribution in [2.75, 3.05) is 5.32 Å². The molecule has 0 saturated carbocycles. The van der Waals surface area contributed by atoms with Crippen molar-refractivity contribution in [1.82, 2.24) is 4.72 Å². The molecule has 1 aliphatic rings. The average Bonchev–Trinajstić information content (AvgIpc) is 3.29. The van der Waals surface area contributed by atoms with E-state index in [9.17, 15) is 22.0 Å². The van der Waals surface area contributed by atoms with Gasteiger partial charge in [-0.15, -0.1) is 0 Å². The summed E-state index contributed by atoms with van der Waals surface area (Å²) in [4.78, 5) is 13.4. The monoisotopic (exact) mass is 532 g/mol. The van der Waals surface area contributed by atoms with Crippen LogP contribution < -0.4 is 10.0 Å². The number of halogens is 2. The Hall–Kier alpha value is -3.88. The molecule has 5 nitrogen and oxygen atoms in total. The topological polar surface area (TPSA) is 75.3 Å². The number of fused-ring (bicyclic) bond motifs is 1. The molecule has 38 heavy (non-hydrogen) atoms. The predicted molar refractivity (Wildman–Crippen MR) is 144 cm³/mol. The maximum absolute atomic E-state index is 13.6. The van der Waals surface area contributed by atoms with Crippen LogP contribution >= 0.6 is 0 Å². The second kappa shape index (κ2) is 10.1. The van der Waals surface area contributed by atoms with Gasteiger partial charge in [0.15, 0.2) is 0 Å². The number of carbonyl (C=O) groups is 1. The van der Waals surface area contributed by atoms with Gasteiger partial charge >= 0.3 is 0 Å². The molecule has 0 heterocycles. The smallest absolute Gasteiger partial charge is 0.270 e. The lowest BCUT2D eigenvalue weighted by Gasteiger charge is -2.14. The minimum absolute atomic E-state index is 0.0920. The first-order valence-electron chi connectivity index (χ1n) is 12.2. The van der Waals surface area contributed by atoms with E-state index in [4.69, 9.17) is 0 Å². The van der Waals surface area contributed by atoms with Crippen LogP contribution in [-0.4, -0.2) is 20.4 Å². The molecule has 8 heteroatoms. The highest BCUT2D eigenvalue weighted by Gasteiger charge is 2.27. The van der Waals surface area contributed by atoms with E-state index in [1.807, 2.05) is 12.1 Å². The Morgan fingerprint density at radius 2 is 1.50 bits per heavy atom. The molecular weight excluding hydrogens is 506 g/mol. The largest absolute Gasteiger partial charge is 0.322 e. The molecule has 0 radical (unpaired) electrons. The van der Waals surface area contributed by atoms with E-state index in [1.165, 1.54) is 12.1 Å². The molecule has 4 aromatic rings. The number of nitrogens with one attached hydrogen (secondary N) is 2. The van der Waals surface area contributed by atoms with Crippen LogP contribution in [0.5, 0.6) is 0 Å². The highest BCUT2D eigenvalue weighted by atomic mass is 32.2. The summed E-state index contributed by atoms with van der Waals surface area (Å²) in [6, 6.07) is 26.5. The molecule has 0 aromatic heterocycles. The maximum atomic E-state index is 13.6. The van der Waals surface area contributed by atoms with Crippen molar-refractivity contribution in [2.24, 2.45) is 0 Å². The Labute approximate surface area is 220 Å². The first-order valence-corrected chi connectivity index (χ1v) is 13.7.